The van der Waals surface area contributed by atoms with Gasteiger partial charge in [0.1, 0.15) is 0 Å². The summed E-state index contributed by atoms with van der Waals surface area (Å²) in [5, 5.41) is 0.874. The molecule has 0 saturated carbocycles. The highest BCUT2D eigenvalue weighted by Gasteiger charge is 2.22. The van der Waals surface area contributed by atoms with Gasteiger partial charge in [0.05, 0.1) is 18.7 Å². The van der Waals surface area contributed by atoms with Crippen molar-refractivity contribution in [3.05, 3.63) is 42.1 Å². The van der Waals surface area contributed by atoms with E-state index in [1.165, 1.54) is 0 Å². The molecule has 19 heavy (non-hydrogen) atoms. The number of carbonyl (C=O) groups is 1. The van der Waals surface area contributed by atoms with Crippen molar-refractivity contribution in [2.45, 2.75) is 6.92 Å². The normalized spacial score (nSPS) is 14.7. The minimum absolute atomic E-state index is 0.299. The van der Waals surface area contributed by atoms with Crippen LogP contribution in [0.2, 0.25) is 0 Å². The van der Waals surface area contributed by atoms with Gasteiger partial charge in [0.15, 0.2) is 5.17 Å². The third-order valence-electron chi connectivity index (χ3n) is 2.68. The summed E-state index contributed by atoms with van der Waals surface area (Å²) in [6, 6.07) is 9.90. The van der Waals surface area contributed by atoms with Gasteiger partial charge in [-0.25, -0.2) is 9.79 Å². The monoisotopic (exact) mass is 276 g/mol. The van der Waals surface area contributed by atoms with Crippen LogP contribution in [0.4, 0.5) is 5.69 Å². The number of amidine groups is 1. The van der Waals surface area contributed by atoms with Crippen LogP contribution in [0.25, 0.3) is 0 Å². The maximum Gasteiger partial charge on any atom is 0.337 e. The fourth-order valence-electron chi connectivity index (χ4n) is 1.80. The number of esters is 1. The van der Waals surface area contributed by atoms with E-state index in [0.29, 0.717) is 18.7 Å². The summed E-state index contributed by atoms with van der Waals surface area (Å²) < 4.78 is 5.02. The van der Waals surface area contributed by atoms with Crippen molar-refractivity contribution in [3.8, 4) is 0 Å². The number of hydrogen-bond donors (Lipinski definition) is 0. The molecule has 0 spiro atoms. The van der Waals surface area contributed by atoms with Crippen molar-refractivity contribution in [2.24, 2.45) is 4.99 Å². The fraction of sp³-hybridized carbons (Fsp3) is 0.286. The highest BCUT2D eigenvalue weighted by molar-refractivity contribution is 8.13. The summed E-state index contributed by atoms with van der Waals surface area (Å²) in [6.45, 7) is 2.66. The molecule has 0 aromatic heterocycles. The number of hydrogen-bond acceptors (Lipinski definition) is 5. The third-order valence-corrected chi connectivity index (χ3v) is 3.37. The number of aliphatic imine (C=N–C) groups is 1. The van der Waals surface area contributed by atoms with Crippen molar-refractivity contribution in [1.82, 2.24) is 0 Å². The van der Waals surface area contributed by atoms with E-state index in [1.54, 1.807) is 24.9 Å². The average molecular weight is 276 g/mol. The second-order valence-electron chi connectivity index (χ2n) is 3.91. The van der Waals surface area contributed by atoms with E-state index in [4.69, 9.17) is 4.74 Å². The highest BCUT2D eigenvalue weighted by atomic mass is 32.2. The maximum absolute atomic E-state index is 11.8. The first-order valence-electron chi connectivity index (χ1n) is 6.06. The summed E-state index contributed by atoms with van der Waals surface area (Å²) >= 11 is 1.56. The molecule has 0 atom stereocenters. The predicted molar refractivity (Wildman–Crippen MR) is 79.5 cm³/mol. The van der Waals surface area contributed by atoms with Crippen molar-refractivity contribution in [1.29, 1.82) is 0 Å². The Morgan fingerprint density at radius 2 is 2.16 bits per heavy atom. The van der Waals surface area contributed by atoms with Crippen molar-refractivity contribution in [2.75, 3.05) is 24.3 Å². The molecule has 1 aliphatic heterocycles. The Kier molecular flexibility index (Phi) is 4.63. The third kappa shape index (κ3) is 3.17. The Labute approximate surface area is 117 Å². The van der Waals surface area contributed by atoms with Gasteiger partial charge in [-0.05, 0) is 25.3 Å². The van der Waals surface area contributed by atoms with Crippen molar-refractivity contribution in [3.63, 3.8) is 0 Å². The van der Waals surface area contributed by atoms with E-state index in [0.717, 1.165) is 10.9 Å². The van der Waals surface area contributed by atoms with E-state index >= 15 is 0 Å². The van der Waals surface area contributed by atoms with E-state index in [2.05, 4.69) is 4.99 Å². The number of thioether (sulfide) groups is 1. The fourth-order valence-corrected chi connectivity index (χ4v) is 2.34. The molecule has 5 heteroatoms. The summed E-state index contributed by atoms with van der Waals surface area (Å²) in [5.74, 6) is -0.299. The van der Waals surface area contributed by atoms with Gasteiger partial charge >= 0.3 is 5.97 Å². The molecule has 1 aliphatic rings. The van der Waals surface area contributed by atoms with Crippen LogP contribution in [0.5, 0.6) is 0 Å². The smallest absolute Gasteiger partial charge is 0.337 e. The van der Waals surface area contributed by atoms with Crippen LogP contribution < -0.4 is 4.90 Å². The molecule has 2 rings (SSSR count). The quantitative estimate of drug-likeness (QED) is 0.796. The van der Waals surface area contributed by atoms with Gasteiger partial charge in [-0.2, -0.15) is 0 Å². The Balaban J connectivity index is 2.24. The molecule has 0 bridgehead atoms. The molecule has 1 aromatic rings. The molecule has 1 aromatic carbocycles. The first kappa shape index (κ1) is 13.7. The molecule has 0 aliphatic carbocycles. The van der Waals surface area contributed by atoms with Gasteiger partial charge in [0.25, 0.3) is 0 Å². The minimum Gasteiger partial charge on any atom is -0.463 e. The van der Waals surface area contributed by atoms with Gasteiger partial charge in [0, 0.05) is 11.9 Å². The summed E-state index contributed by atoms with van der Waals surface area (Å²) in [7, 11) is 0. The first-order valence-corrected chi connectivity index (χ1v) is 7.29. The Bertz CT molecular complexity index is 511. The maximum atomic E-state index is 11.8. The van der Waals surface area contributed by atoms with Crippen LogP contribution in [0.3, 0.4) is 0 Å². The van der Waals surface area contributed by atoms with E-state index in [9.17, 15) is 4.79 Å². The summed E-state index contributed by atoms with van der Waals surface area (Å²) in [6.07, 6.45) is 3.57. The minimum atomic E-state index is -0.299. The Morgan fingerprint density at radius 3 is 2.79 bits per heavy atom. The summed E-state index contributed by atoms with van der Waals surface area (Å²) in [5.41, 5.74) is 1.59. The molecule has 4 nitrogen and oxygen atoms in total. The molecule has 1 heterocycles. The number of carbonyl (C=O) groups excluding carboxylic acids is 1. The van der Waals surface area contributed by atoms with Crippen LogP contribution in [-0.4, -0.2) is 30.5 Å². The molecule has 0 amide bonds. The van der Waals surface area contributed by atoms with Crippen molar-refractivity contribution < 1.29 is 9.53 Å². The van der Waals surface area contributed by atoms with Gasteiger partial charge in [0.2, 0.25) is 0 Å². The summed E-state index contributed by atoms with van der Waals surface area (Å²) in [4.78, 5) is 18.1. The first-order chi connectivity index (χ1) is 9.26. The lowest BCUT2D eigenvalue weighted by molar-refractivity contribution is -0.138. The van der Waals surface area contributed by atoms with Gasteiger partial charge < -0.3 is 9.64 Å². The molecular weight excluding hydrogens is 260 g/mol. The topological polar surface area (TPSA) is 41.9 Å². The predicted octanol–water partition coefficient (Wildman–Crippen LogP) is 2.67. The largest absolute Gasteiger partial charge is 0.463 e. The molecule has 0 fully saturated rings. The zero-order valence-electron chi connectivity index (χ0n) is 11.0. The molecule has 0 unspecified atom stereocenters. The SMILES string of the molecule is CCOC(=O)C1=CN=C(SC)N(c2ccccc2)C1. The van der Waals surface area contributed by atoms with Crippen molar-refractivity contribution >= 4 is 28.6 Å². The van der Waals surface area contributed by atoms with E-state index in [1.807, 2.05) is 41.5 Å². The number of para-hydroxylation sites is 1. The van der Waals surface area contributed by atoms with Gasteiger partial charge in [-0.1, -0.05) is 30.0 Å². The van der Waals surface area contributed by atoms with Crippen LogP contribution in [0.1, 0.15) is 6.92 Å². The number of anilines is 1. The zero-order valence-corrected chi connectivity index (χ0v) is 11.8. The Morgan fingerprint density at radius 1 is 1.42 bits per heavy atom. The number of rotatable bonds is 3. The number of benzene rings is 1. The van der Waals surface area contributed by atoms with E-state index < -0.39 is 0 Å². The average Bonchev–Trinajstić information content (AvgIpc) is 2.47. The lowest BCUT2D eigenvalue weighted by atomic mass is 10.2. The second-order valence-corrected chi connectivity index (χ2v) is 4.69. The Hall–Kier alpha value is -1.75. The molecular formula is C14H16N2O2S. The van der Waals surface area contributed by atoms with Gasteiger partial charge in [-0.15, -0.1) is 0 Å². The van der Waals surface area contributed by atoms with Gasteiger partial charge in [-0.3, -0.25) is 0 Å². The van der Waals surface area contributed by atoms with E-state index in [-0.39, 0.29) is 5.97 Å². The highest BCUT2D eigenvalue weighted by Crippen LogP contribution is 2.23. The number of nitrogens with zero attached hydrogens (tertiary/aromatic N) is 2. The van der Waals surface area contributed by atoms with Crippen LogP contribution in [-0.2, 0) is 9.53 Å². The lowest BCUT2D eigenvalue weighted by Gasteiger charge is -2.27. The molecule has 0 radical (unpaired) electrons. The zero-order chi connectivity index (χ0) is 13.7. The standard InChI is InChI=1S/C14H16N2O2S/c1-3-18-13(17)11-9-15-14(19-2)16(10-11)12-7-5-4-6-8-12/h4-9H,3,10H2,1-2H3. The van der Waals surface area contributed by atoms with Crippen LogP contribution >= 0.6 is 11.8 Å². The molecule has 0 N–H and O–H groups in total. The second kappa shape index (κ2) is 6.43. The molecule has 0 saturated heterocycles. The number of ether oxygens (including phenoxy) is 1. The lowest BCUT2D eigenvalue weighted by Crippen LogP contribution is -2.35. The van der Waals surface area contributed by atoms with Crippen LogP contribution in [0.15, 0.2) is 47.1 Å². The molecule has 100 valence electrons. The van der Waals surface area contributed by atoms with Crippen LogP contribution in [0, 0.1) is 0 Å².